The molecular formula is C28H30N2-2. The first-order valence-electron chi connectivity index (χ1n) is 10.9. The molecule has 0 aromatic heterocycles. The van der Waals surface area contributed by atoms with E-state index in [0.29, 0.717) is 11.8 Å². The Morgan fingerprint density at radius 2 is 0.933 bits per heavy atom. The number of hydrogen-bond acceptors (Lipinski definition) is 0. The molecule has 30 heavy (non-hydrogen) atoms. The summed E-state index contributed by atoms with van der Waals surface area (Å²) < 4.78 is 0. The van der Waals surface area contributed by atoms with Crippen LogP contribution < -0.4 is 0 Å². The predicted octanol–water partition coefficient (Wildman–Crippen LogP) is 8.98. The highest BCUT2D eigenvalue weighted by Gasteiger charge is 2.11. The maximum atomic E-state index is 5.03. The first-order chi connectivity index (χ1) is 14.5. The number of fused-ring (bicyclic) bond motifs is 2. The van der Waals surface area contributed by atoms with Crippen molar-refractivity contribution in [1.82, 2.24) is 0 Å². The number of rotatable bonds is 7. The van der Waals surface area contributed by atoms with Crippen molar-refractivity contribution in [2.24, 2.45) is 11.8 Å². The second kappa shape index (κ2) is 8.79. The van der Waals surface area contributed by atoms with Gasteiger partial charge in [0.15, 0.2) is 0 Å². The molecule has 2 heteroatoms. The lowest BCUT2D eigenvalue weighted by atomic mass is 9.90. The van der Waals surface area contributed by atoms with Gasteiger partial charge in [0, 0.05) is 0 Å². The van der Waals surface area contributed by atoms with E-state index in [4.69, 9.17) is 10.6 Å². The van der Waals surface area contributed by atoms with Crippen LogP contribution in [0, 0.1) is 11.8 Å². The third-order valence-corrected chi connectivity index (χ3v) is 5.32. The lowest BCUT2D eigenvalue weighted by molar-refractivity contribution is 0.703. The van der Waals surface area contributed by atoms with Crippen molar-refractivity contribution in [2.45, 2.75) is 27.7 Å². The molecule has 0 saturated heterocycles. The minimum absolute atomic E-state index is 0.516. The highest BCUT2D eigenvalue weighted by Crippen LogP contribution is 2.47. The largest absolute Gasteiger partial charge is 0.684 e. The molecule has 4 aromatic carbocycles. The maximum Gasteiger partial charge on any atom is -0.0118 e. The van der Waals surface area contributed by atoms with E-state index < -0.39 is 0 Å². The van der Waals surface area contributed by atoms with Gasteiger partial charge in [-0.15, -0.1) is 24.5 Å². The van der Waals surface area contributed by atoms with Crippen LogP contribution in [0.2, 0.25) is 0 Å². The molecule has 2 nitrogen and oxygen atoms in total. The maximum absolute atomic E-state index is 5.03. The summed E-state index contributed by atoms with van der Waals surface area (Å²) >= 11 is 0. The van der Waals surface area contributed by atoms with Crippen molar-refractivity contribution in [1.29, 1.82) is 0 Å². The summed E-state index contributed by atoms with van der Waals surface area (Å²) in [5.41, 5.74) is 4.51. The van der Waals surface area contributed by atoms with Gasteiger partial charge in [0.1, 0.15) is 0 Å². The van der Waals surface area contributed by atoms with Gasteiger partial charge in [0.2, 0.25) is 0 Å². The third kappa shape index (κ3) is 4.14. The van der Waals surface area contributed by atoms with Crippen LogP contribution in [0.3, 0.4) is 0 Å². The van der Waals surface area contributed by atoms with E-state index in [0.717, 1.165) is 24.5 Å². The van der Waals surface area contributed by atoms with Gasteiger partial charge in [-0.25, -0.2) is 0 Å². The van der Waals surface area contributed by atoms with Crippen molar-refractivity contribution >= 4 is 32.9 Å². The number of benzene rings is 4. The second-order valence-corrected chi connectivity index (χ2v) is 8.83. The minimum Gasteiger partial charge on any atom is -0.684 e. The third-order valence-electron chi connectivity index (χ3n) is 5.32. The molecule has 0 amide bonds. The van der Waals surface area contributed by atoms with Gasteiger partial charge in [-0.05, 0) is 32.7 Å². The Kier molecular flexibility index (Phi) is 5.94. The first kappa shape index (κ1) is 20.3. The Hall–Kier alpha value is -3.00. The zero-order valence-electron chi connectivity index (χ0n) is 18.4. The van der Waals surface area contributed by atoms with Gasteiger partial charge in [-0.2, -0.15) is 0 Å². The molecular weight excluding hydrogens is 364 g/mol. The Balaban J connectivity index is 2.02. The fraction of sp³-hybridized carbons (Fsp3) is 0.286. The smallest absolute Gasteiger partial charge is 0.0118 e. The Morgan fingerprint density at radius 1 is 0.533 bits per heavy atom. The fourth-order valence-corrected chi connectivity index (χ4v) is 3.87. The Bertz CT molecular complexity index is 1060. The lowest BCUT2D eigenvalue weighted by Gasteiger charge is -2.33. The molecule has 0 bridgehead atoms. The molecule has 0 unspecified atom stereocenters. The first-order valence-corrected chi connectivity index (χ1v) is 10.9. The predicted molar refractivity (Wildman–Crippen MR) is 132 cm³/mol. The monoisotopic (exact) mass is 394 g/mol. The zero-order valence-corrected chi connectivity index (χ0v) is 18.4. The quantitative estimate of drug-likeness (QED) is 0.299. The average molecular weight is 395 g/mol. The van der Waals surface area contributed by atoms with E-state index >= 15 is 0 Å². The van der Waals surface area contributed by atoms with Crippen LogP contribution in [-0.4, -0.2) is 13.1 Å². The van der Waals surface area contributed by atoms with Crippen LogP contribution in [-0.2, 0) is 0 Å². The molecule has 4 rings (SSSR count). The normalized spacial score (nSPS) is 11.5. The summed E-state index contributed by atoms with van der Waals surface area (Å²) in [6.07, 6.45) is 0. The molecule has 0 atom stereocenters. The SMILES string of the molecule is CC(C)C[N-]c1ccc2ccccc2c1-c1c([N-]CC(C)C)ccc2ccccc12. The average Bonchev–Trinajstić information content (AvgIpc) is 2.75. The van der Waals surface area contributed by atoms with Crippen LogP contribution in [0.4, 0.5) is 11.4 Å². The summed E-state index contributed by atoms with van der Waals surface area (Å²) in [5, 5.41) is 15.0. The molecule has 0 aliphatic rings. The van der Waals surface area contributed by atoms with Gasteiger partial charge in [0.25, 0.3) is 0 Å². The van der Waals surface area contributed by atoms with E-state index in [9.17, 15) is 0 Å². The van der Waals surface area contributed by atoms with Crippen LogP contribution in [0.5, 0.6) is 0 Å². The second-order valence-electron chi connectivity index (χ2n) is 8.83. The highest BCUT2D eigenvalue weighted by molar-refractivity contribution is 6.14. The molecule has 0 N–H and O–H groups in total. The summed E-state index contributed by atoms with van der Waals surface area (Å²) in [7, 11) is 0. The van der Waals surface area contributed by atoms with Crippen molar-refractivity contribution < 1.29 is 0 Å². The fourth-order valence-electron chi connectivity index (χ4n) is 3.87. The van der Waals surface area contributed by atoms with Gasteiger partial charge < -0.3 is 10.6 Å². The summed E-state index contributed by atoms with van der Waals surface area (Å²) in [6, 6.07) is 26.0. The number of nitrogens with zero attached hydrogens (tertiary/aromatic N) is 2. The highest BCUT2D eigenvalue weighted by atomic mass is 14.9. The summed E-state index contributed by atoms with van der Waals surface area (Å²) in [6.45, 7) is 10.5. The molecule has 4 aromatic rings. The van der Waals surface area contributed by atoms with Crippen molar-refractivity contribution in [3.8, 4) is 11.1 Å². The van der Waals surface area contributed by atoms with Crippen molar-refractivity contribution in [3.05, 3.63) is 83.4 Å². The Labute approximate surface area is 180 Å². The van der Waals surface area contributed by atoms with E-state index in [1.165, 1.54) is 32.7 Å². The van der Waals surface area contributed by atoms with Crippen LogP contribution in [0.15, 0.2) is 72.8 Å². The summed E-state index contributed by atoms with van der Waals surface area (Å²) in [4.78, 5) is 0. The van der Waals surface area contributed by atoms with E-state index in [-0.39, 0.29) is 0 Å². The van der Waals surface area contributed by atoms with Gasteiger partial charge in [0.05, 0.1) is 0 Å². The van der Waals surface area contributed by atoms with Crippen LogP contribution in [0.1, 0.15) is 27.7 Å². The molecule has 0 heterocycles. The molecule has 0 saturated carbocycles. The van der Waals surface area contributed by atoms with Gasteiger partial charge in [-0.3, -0.25) is 0 Å². The van der Waals surface area contributed by atoms with Crippen LogP contribution in [0.25, 0.3) is 43.3 Å². The van der Waals surface area contributed by atoms with Gasteiger partial charge >= 0.3 is 0 Å². The lowest BCUT2D eigenvalue weighted by Crippen LogP contribution is -1.96. The molecule has 0 fully saturated rings. The van der Waals surface area contributed by atoms with E-state index in [1.807, 2.05) is 0 Å². The van der Waals surface area contributed by atoms with Crippen molar-refractivity contribution in [3.63, 3.8) is 0 Å². The Morgan fingerprint density at radius 3 is 1.33 bits per heavy atom. The molecule has 0 aliphatic heterocycles. The summed E-state index contributed by atoms with van der Waals surface area (Å²) in [5.74, 6) is 1.03. The standard InChI is InChI=1S/C28H30N2/c1-19(2)17-29-25-15-13-21-9-5-7-11-23(21)27(25)28-24-12-8-6-10-22(24)14-16-26(28)30-18-20(3)4/h5-16,19-20H,17-18H2,1-4H3/q-2. The van der Waals surface area contributed by atoms with Gasteiger partial charge in [-0.1, -0.05) is 112 Å². The molecule has 0 spiro atoms. The van der Waals surface area contributed by atoms with Crippen LogP contribution >= 0.6 is 0 Å². The molecule has 0 aliphatic carbocycles. The molecule has 154 valence electrons. The van der Waals surface area contributed by atoms with E-state index in [2.05, 4.69) is 100 Å². The van der Waals surface area contributed by atoms with E-state index in [1.54, 1.807) is 0 Å². The minimum atomic E-state index is 0.516. The van der Waals surface area contributed by atoms with Crippen molar-refractivity contribution in [2.75, 3.05) is 13.1 Å². The molecule has 0 radical (unpaired) electrons. The topological polar surface area (TPSA) is 28.2 Å². The zero-order chi connectivity index (χ0) is 21.1. The number of hydrogen-bond donors (Lipinski definition) is 0.